The highest BCUT2D eigenvalue weighted by Crippen LogP contribution is 2.31. The van der Waals surface area contributed by atoms with Crippen molar-refractivity contribution in [3.8, 4) is 0 Å². The second-order valence-corrected chi connectivity index (χ2v) is 5.08. The molecule has 1 aromatic carbocycles. The van der Waals surface area contributed by atoms with Gasteiger partial charge in [-0.3, -0.25) is 4.79 Å². The third kappa shape index (κ3) is 4.32. The minimum Gasteiger partial charge on any atom is -0.323 e. The van der Waals surface area contributed by atoms with Gasteiger partial charge in [-0.25, -0.2) is 0 Å². The lowest BCUT2D eigenvalue weighted by molar-refractivity contribution is -0.120. The highest BCUT2D eigenvalue weighted by Gasteiger charge is 2.23. The number of halogens is 2. The number of thioether (sulfide) groups is 1. The zero-order chi connectivity index (χ0) is 13.1. The van der Waals surface area contributed by atoms with E-state index in [4.69, 9.17) is 5.73 Å². The maximum atomic E-state index is 12.3. The van der Waals surface area contributed by atoms with Crippen molar-refractivity contribution in [2.24, 2.45) is 5.73 Å². The Bertz CT molecular complexity index is 405. The van der Waals surface area contributed by atoms with E-state index in [-0.39, 0.29) is 0 Å². The molecule has 0 radical (unpaired) electrons. The van der Waals surface area contributed by atoms with Gasteiger partial charge in [0, 0.05) is 4.90 Å². The van der Waals surface area contributed by atoms with Crippen molar-refractivity contribution < 1.29 is 13.6 Å². The van der Waals surface area contributed by atoms with Gasteiger partial charge in [-0.05, 0) is 26.0 Å². The molecule has 0 unspecified atom stereocenters. The number of carbonyl (C=O) groups is 1. The predicted molar refractivity (Wildman–Crippen MR) is 65.2 cm³/mol. The summed E-state index contributed by atoms with van der Waals surface area (Å²) < 4.78 is 24.6. The number of benzene rings is 1. The molecule has 0 aromatic heterocycles. The Labute approximate surface area is 103 Å². The molecule has 0 saturated carbocycles. The molecule has 0 aliphatic rings. The number of alkyl halides is 2. The summed E-state index contributed by atoms with van der Waals surface area (Å²) in [6, 6.07) is 6.38. The number of hydrogen-bond donors (Lipinski definition) is 2. The number of anilines is 1. The van der Waals surface area contributed by atoms with Crippen molar-refractivity contribution in [2.45, 2.75) is 30.0 Å². The summed E-state index contributed by atoms with van der Waals surface area (Å²) in [5.41, 5.74) is 4.91. The first-order chi connectivity index (χ1) is 7.80. The van der Waals surface area contributed by atoms with Crippen molar-refractivity contribution in [1.82, 2.24) is 0 Å². The Morgan fingerprint density at radius 1 is 1.41 bits per heavy atom. The van der Waals surface area contributed by atoms with Gasteiger partial charge in [0.25, 0.3) is 5.76 Å². The van der Waals surface area contributed by atoms with Gasteiger partial charge in [-0.2, -0.15) is 8.78 Å². The maximum Gasteiger partial charge on any atom is 0.288 e. The van der Waals surface area contributed by atoms with Crippen molar-refractivity contribution in [3.63, 3.8) is 0 Å². The lowest BCUT2D eigenvalue weighted by atomic mass is 10.1. The van der Waals surface area contributed by atoms with Gasteiger partial charge < -0.3 is 11.1 Å². The molecule has 0 atom stereocenters. The molecule has 17 heavy (non-hydrogen) atoms. The SMILES string of the molecule is CC(C)(N)C(=O)Nc1ccccc1SC(F)F. The number of para-hydroxylation sites is 1. The number of rotatable bonds is 4. The molecule has 0 saturated heterocycles. The molecular weight excluding hydrogens is 246 g/mol. The maximum absolute atomic E-state index is 12.3. The fourth-order valence-corrected chi connectivity index (χ4v) is 1.65. The molecule has 0 aliphatic heterocycles. The van der Waals surface area contributed by atoms with Crippen LogP contribution in [0.25, 0.3) is 0 Å². The molecule has 1 aromatic rings. The first-order valence-electron chi connectivity index (χ1n) is 4.95. The average Bonchev–Trinajstić information content (AvgIpc) is 2.18. The lowest BCUT2D eigenvalue weighted by Crippen LogP contribution is -2.45. The summed E-state index contributed by atoms with van der Waals surface area (Å²) in [7, 11) is 0. The highest BCUT2D eigenvalue weighted by atomic mass is 32.2. The molecule has 0 spiro atoms. The van der Waals surface area contributed by atoms with Crippen LogP contribution in [-0.2, 0) is 4.79 Å². The van der Waals surface area contributed by atoms with Gasteiger partial charge in [-0.15, -0.1) is 0 Å². The normalized spacial score (nSPS) is 11.6. The fraction of sp³-hybridized carbons (Fsp3) is 0.364. The van der Waals surface area contributed by atoms with Gasteiger partial charge in [0.1, 0.15) is 0 Å². The minimum atomic E-state index is -2.53. The molecule has 1 rings (SSSR count). The second kappa shape index (κ2) is 5.46. The summed E-state index contributed by atoms with van der Waals surface area (Å²) in [5, 5.41) is 2.54. The van der Waals surface area contributed by atoms with E-state index >= 15 is 0 Å². The summed E-state index contributed by atoms with van der Waals surface area (Å²) in [6.07, 6.45) is 0. The van der Waals surface area contributed by atoms with Crippen LogP contribution >= 0.6 is 11.8 Å². The number of hydrogen-bond acceptors (Lipinski definition) is 3. The van der Waals surface area contributed by atoms with E-state index in [9.17, 15) is 13.6 Å². The quantitative estimate of drug-likeness (QED) is 0.818. The number of amides is 1. The van der Waals surface area contributed by atoms with Crippen molar-refractivity contribution in [2.75, 3.05) is 5.32 Å². The van der Waals surface area contributed by atoms with Crippen molar-refractivity contribution >= 4 is 23.4 Å². The van der Waals surface area contributed by atoms with Crippen LogP contribution in [0.5, 0.6) is 0 Å². The summed E-state index contributed by atoms with van der Waals surface area (Å²) >= 11 is 0.389. The molecule has 0 bridgehead atoms. The monoisotopic (exact) mass is 260 g/mol. The van der Waals surface area contributed by atoms with Crippen LogP contribution in [-0.4, -0.2) is 17.2 Å². The minimum absolute atomic E-state index is 0.320. The Morgan fingerprint density at radius 3 is 2.53 bits per heavy atom. The van der Waals surface area contributed by atoms with Crippen LogP contribution < -0.4 is 11.1 Å². The Kier molecular flexibility index (Phi) is 4.47. The Morgan fingerprint density at radius 2 is 2.00 bits per heavy atom. The van der Waals surface area contributed by atoms with Crippen LogP contribution in [0.2, 0.25) is 0 Å². The van der Waals surface area contributed by atoms with Gasteiger partial charge in [-0.1, -0.05) is 23.9 Å². The number of nitrogens with two attached hydrogens (primary N) is 1. The van der Waals surface area contributed by atoms with E-state index in [0.717, 1.165) is 0 Å². The van der Waals surface area contributed by atoms with E-state index in [1.165, 1.54) is 6.07 Å². The standard InChI is InChI=1S/C11H14F2N2OS/c1-11(2,14)9(16)15-7-5-3-4-6-8(7)17-10(12)13/h3-6,10H,14H2,1-2H3,(H,15,16). The fourth-order valence-electron chi connectivity index (χ4n) is 1.05. The third-order valence-electron chi connectivity index (χ3n) is 1.94. The van der Waals surface area contributed by atoms with Crippen LogP contribution in [0.15, 0.2) is 29.2 Å². The summed E-state index contributed by atoms with van der Waals surface area (Å²) in [4.78, 5) is 12.0. The highest BCUT2D eigenvalue weighted by molar-refractivity contribution is 7.99. The van der Waals surface area contributed by atoms with Gasteiger partial charge >= 0.3 is 0 Å². The Hall–Kier alpha value is -1.14. The van der Waals surface area contributed by atoms with E-state index in [0.29, 0.717) is 22.3 Å². The van der Waals surface area contributed by atoms with E-state index in [1.807, 2.05) is 0 Å². The van der Waals surface area contributed by atoms with E-state index in [2.05, 4.69) is 5.32 Å². The molecule has 0 fully saturated rings. The van der Waals surface area contributed by atoms with Crippen LogP contribution in [0.3, 0.4) is 0 Å². The number of nitrogens with one attached hydrogen (secondary N) is 1. The second-order valence-electron chi connectivity index (χ2n) is 4.05. The van der Waals surface area contributed by atoms with Gasteiger partial charge in [0.15, 0.2) is 0 Å². The molecule has 94 valence electrons. The largest absolute Gasteiger partial charge is 0.323 e. The average molecular weight is 260 g/mol. The van der Waals surface area contributed by atoms with E-state index < -0.39 is 17.2 Å². The van der Waals surface area contributed by atoms with E-state index in [1.54, 1.807) is 32.0 Å². The van der Waals surface area contributed by atoms with Crippen molar-refractivity contribution in [3.05, 3.63) is 24.3 Å². The zero-order valence-electron chi connectivity index (χ0n) is 9.54. The molecule has 3 N–H and O–H groups in total. The molecule has 6 heteroatoms. The molecule has 0 aliphatic carbocycles. The molecule has 1 amide bonds. The predicted octanol–water partition coefficient (Wildman–Crippen LogP) is 2.68. The van der Waals surface area contributed by atoms with Crippen LogP contribution in [0.4, 0.5) is 14.5 Å². The third-order valence-corrected chi connectivity index (χ3v) is 2.72. The molecule has 3 nitrogen and oxygen atoms in total. The lowest BCUT2D eigenvalue weighted by Gasteiger charge is -2.19. The number of carbonyl (C=O) groups excluding carboxylic acids is 1. The van der Waals surface area contributed by atoms with Crippen LogP contribution in [0, 0.1) is 0 Å². The van der Waals surface area contributed by atoms with Gasteiger partial charge in [0.2, 0.25) is 5.91 Å². The topological polar surface area (TPSA) is 55.1 Å². The van der Waals surface area contributed by atoms with Crippen molar-refractivity contribution in [1.29, 1.82) is 0 Å². The first kappa shape index (κ1) is 13.9. The van der Waals surface area contributed by atoms with Gasteiger partial charge in [0.05, 0.1) is 11.2 Å². The van der Waals surface area contributed by atoms with Crippen LogP contribution in [0.1, 0.15) is 13.8 Å². The summed E-state index contributed by atoms with van der Waals surface area (Å²) in [5.74, 6) is -2.95. The Balaban J connectivity index is 2.87. The zero-order valence-corrected chi connectivity index (χ0v) is 10.4. The smallest absolute Gasteiger partial charge is 0.288 e. The first-order valence-corrected chi connectivity index (χ1v) is 5.83. The molecule has 0 heterocycles. The molecular formula is C11H14F2N2OS. The summed E-state index contributed by atoms with van der Waals surface area (Å²) in [6.45, 7) is 3.09.